The van der Waals surface area contributed by atoms with Crippen LogP contribution in [0.3, 0.4) is 0 Å². The minimum atomic E-state index is -0.814. The summed E-state index contributed by atoms with van der Waals surface area (Å²) >= 11 is 0. The van der Waals surface area contributed by atoms with Crippen LogP contribution < -0.4 is 5.73 Å². The molecular formula is C7H10N4O3S. The molecule has 1 aromatic heterocycles. The SMILES string of the molecule is Nc1nonc1C(=O)N1CCS(=O)CC1. The maximum absolute atomic E-state index is 11.8. The molecule has 1 aromatic rings. The Morgan fingerprint density at radius 3 is 2.60 bits per heavy atom. The van der Waals surface area contributed by atoms with E-state index in [2.05, 4.69) is 14.9 Å². The van der Waals surface area contributed by atoms with E-state index in [1.54, 1.807) is 4.90 Å². The van der Waals surface area contributed by atoms with Crippen molar-refractivity contribution in [3.8, 4) is 0 Å². The molecule has 2 heterocycles. The van der Waals surface area contributed by atoms with E-state index < -0.39 is 10.8 Å². The summed E-state index contributed by atoms with van der Waals surface area (Å²) < 4.78 is 15.4. The number of carbonyl (C=O) groups is 1. The monoisotopic (exact) mass is 230 g/mol. The standard InChI is InChI=1S/C7H10N4O3S/c8-6-5(9-14-10-6)7(12)11-1-3-15(13)4-2-11/h1-4H2,(H2,8,10). The van der Waals surface area contributed by atoms with Gasteiger partial charge in [-0.2, -0.15) is 0 Å². The third-order valence-corrected chi connectivity index (χ3v) is 3.46. The average Bonchev–Trinajstić information content (AvgIpc) is 2.65. The van der Waals surface area contributed by atoms with E-state index in [0.29, 0.717) is 24.6 Å². The van der Waals surface area contributed by atoms with Gasteiger partial charge in [0.25, 0.3) is 5.91 Å². The Hall–Kier alpha value is -1.44. The molecule has 0 unspecified atom stereocenters. The van der Waals surface area contributed by atoms with Crippen LogP contribution in [-0.2, 0) is 10.8 Å². The van der Waals surface area contributed by atoms with E-state index in [1.807, 2.05) is 0 Å². The summed E-state index contributed by atoms with van der Waals surface area (Å²) in [6, 6.07) is 0. The lowest BCUT2D eigenvalue weighted by molar-refractivity contribution is 0.0761. The molecule has 0 atom stereocenters. The van der Waals surface area contributed by atoms with E-state index in [-0.39, 0.29) is 17.4 Å². The molecule has 1 amide bonds. The number of carbonyl (C=O) groups excluding carboxylic acids is 1. The zero-order chi connectivity index (χ0) is 10.8. The summed E-state index contributed by atoms with van der Waals surface area (Å²) in [5.41, 5.74) is 5.43. The summed E-state index contributed by atoms with van der Waals surface area (Å²) in [5, 5.41) is 6.76. The molecule has 82 valence electrons. The number of rotatable bonds is 1. The minimum absolute atomic E-state index is 0.00769. The molecule has 1 saturated heterocycles. The van der Waals surface area contributed by atoms with Gasteiger partial charge in [-0.25, -0.2) is 4.63 Å². The van der Waals surface area contributed by atoms with E-state index in [0.717, 1.165) is 0 Å². The van der Waals surface area contributed by atoms with Crippen molar-refractivity contribution in [3.05, 3.63) is 5.69 Å². The van der Waals surface area contributed by atoms with Crippen molar-refractivity contribution in [2.24, 2.45) is 0 Å². The topological polar surface area (TPSA) is 102 Å². The van der Waals surface area contributed by atoms with Crippen molar-refractivity contribution in [1.82, 2.24) is 15.2 Å². The van der Waals surface area contributed by atoms with Crippen LogP contribution in [0.2, 0.25) is 0 Å². The highest BCUT2D eigenvalue weighted by Gasteiger charge is 2.25. The Balaban J connectivity index is 2.09. The fourth-order valence-electron chi connectivity index (χ4n) is 1.33. The molecule has 0 aliphatic carbocycles. The molecule has 7 nitrogen and oxygen atoms in total. The number of amides is 1. The molecule has 0 spiro atoms. The van der Waals surface area contributed by atoms with Gasteiger partial charge in [0.1, 0.15) is 0 Å². The summed E-state index contributed by atoms with van der Waals surface area (Å²) in [6.07, 6.45) is 0. The molecule has 0 bridgehead atoms. The predicted molar refractivity (Wildman–Crippen MR) is 52.5 cm³/mol. The molecule has 2 N–H and O–H groups in total. The first-order chi connectivity index (χ1) is 7.18. The molecule has 0 aromatic carbocycles. The maximum Gasteiger partial charge on any atom is 0.280 e. The van der Waals surface area contributed by atoms with Crippen molar-refractivity contribution < 1.29 is 13.6 Å². The quantitative estimate of drug-likeness (QED) is 0.654. The highest BCUT2D eigenvalue weighted by atomic mass is 32.2. The highest BCUT2D eigenvalue weighted by Crippen LogP contribution is 2.10. The van der Waals surface area contributed by atoms with Gasteiger partial charge in [0.15, 0.2) is 0 Å². The predicted octanol–water partition coefficient (Wildman–Crippen LogP) is -1.14. The first-order valence-corrected chi connectivity index (χ1v) is 5.89. The molecule has 2 rings (SSSR count). The summed E-state index contributed by atoms with van der Waals surface area (Å²) in [6.45, 7) is 0.912. The Bertz CT molecular complexity index is 395. The van der Waals surface area contributed by atoms with Crippen LogP contribution in [0.5, 0.6) is 0 Å². The number of hydrogen-bond donors (Lipinski definition) is 1. The first-order valence-electron chi connectivity index (χ1n) is 4.41. The largest absolute Gasteiger partial charge is 0.379 e. The second kappa shape index (κ2) is 3.97. The second-order valence-electron chi connectivity index (χ2n) is 3.14. The van der Waals surface area contributed by atoms with Gasteiger partial charge in [-0.15, -0.1) is 0 Å². The Labute approximate surface area is 88.0 Å². The molecule has 1 aliphatic rings. The Morgan fingerprint density at radius 1 is 1.40 bits per heavy atom. The summed E-state index contributed by atoms with van der Waals surface area (Å²) in [5.74, 6) is 0.672. The minimum Gasteiger partial charge on any atom is -0.379 e. The molecule has 15 heavy (non-hydrogen) atoms. The number of nitrogens with two attached hydrogens (primary N) is 1. The van der Waals surface area contributed by atoms with Crippen molar-refractivity contribution in [3.63, 3.8) is 0 Å². The maximum atomic E-state index is 11.8. The number of hydrogen-bond acceptors (Lipinski definition) is 6. The van der Waals surface area contributed by atoms with Crippen LogP contribution >= 0.6 is 0 Å². The molecule has 8 heteroatoms. The van der Waals surface area contributed by atoms with Gasteiger partial charge in [0, 0.05) is 35.4 Å². The fraction of sp³-hybridized carbons (Fsp3) is 0.571. The molecule has 0 radical (unpaired) electrons. The van der Waals surface area contributed by atoms with Gasteiger partial charge >= 0.3 is 0 Å². The smallest absolute Gasteiger partial charge is 0.280 e. The molecule has 1 aliphatic heterocycles. The lowest BCUT2D eigenvalue weighted by Crippen LogP contribution is -2.42. The third kappa shape index (κ3) is 1.99. The van der Waals surface area contributed by atoms with Crippen LogP contribution in [0.4, 0.5) is 5.82 Å². The van der Waals surface area contributed by atoms with Crippen LogP contribution in [0.1, 0.15) is 10.5 Å². The van der Waals surface area contributed by atoms with Crippen LogP contribution in [0.15, 0.2) is 4.63 Å². The normalized spacial score (nSPS) is 18.0. The Kier molecular flexibility index (Phi) is 2.67. The van der Waals surface area contributed by atoms with Gasteiger partial charge in [0.2, 0.25) is 11.5 Å². The second-order valence-corrected chi connectivity index (χ2v) is 4.83. The number of nitrogen functional groups attached to an aromatic ring is 1. The van der Waals surface area contributed by atoms with Crippen molar-refractivity contribution in [2.45, 2.75) is 0 Å². The van der Waals surface area contributed by atoms with Crippen LogP contribution in [0.25, 0.3) is 0 Å². The van der Waals surface area contributed by atoms with Crippen molar-refractivity contribution in [2.75, 3.05) is 30.3 Å². The number of anilines is 1. The zero-order valence-electron chi connectivity index (χ0n) is 7.88. The van der Waals surface area contributed by atoms with Crippen molar-refractivity contribution in [1.29, 1.82) is 0 Å². The van der Waals surface area contributed by atoms with E-state index in [4.69, 9.17) is 5.73 Å². The molecular weight excluding hydrogens is 220 g/mol. The van der Waals surface area contributed by atoms with Gasteiger partial charge in [-0.1, -0.05) is 0 Å². The Morgan fingerprint density at radius 2 is 2.07 bits per heavy atom. The zero-order valence-corrected chi connectivity index (χ0v) is 8.70. The lowest BCUT2D eigenvalue weighted by Gasteiger charge is -2.25. The lowest BCUT2D eigenvalue weighted by atomic mass is 10.3. The van der Waals surface area contributed by atoms with Gasteiger partial charge in [0.05, 0.1) is 0 Å². The first kappa shape index (κ1) is 10.1. The van der Waals surface area contributed by atoms with Crippen molar-refractivity contribution >= 4 is 22.5 Å². The highest BCUT2D eigenvalue weighted by molar-refractivity contribution is 7.85. The molecule has 1 fully saturated rings. The third-order valence-electron chi connectivity index (χ3n) is 2.18. The summed E-state index contributed by atoms with van der Waals surface area (Å²) in [4.78, 5) is 13.3. The van der Waals surface area contributed by atoms with Gasteiger partial charge in [-0.05, 0) is 10.3 Å². The van der Waals surface area contributed by atoms with Gasteiger partial charge in [-0.3, -0.25) is 9.00 Å². The van der Waals surface area contributed by atoms with Crippen LogP contribution in [0, 0.1) is 0 Å². The molecule has 0 saturated carbocycles. The van der Waals surface area contributed by atoms with E-state index in [9.17, 15) is 9.00 Å². The summed E-state index contributed by atoms with van der Waals surface area (Å²) in [7, 11) is -0.814. The fourth-order valence-corrected chi connectivity index (χ4v) is 2.39. The average molecular weight is 230 g/mol. The van der Waals surface area contributed by atoms with E-state index in [1.165, 1.54) is 0 Å². The van der Waals surface area contributed by atoms with Crippen LogP contribution in [-0.4, -0.2) is 49.9 Å². The van der Waals surface area contributed by atoms with E-state index >= 15 is 0 Å². The number of aromatic nitrogens is 2. The number of nitrogens with zero attached hydrogens (tertiary/aromatic N) is 3. The van der Waals surface area contributed by atoms with Gasteiger partial charge < -0.3 is 10.6 Å².